The molecule has 0 radical (unpaired) electrons. The zero-order valence-corrected chi connectivity index (χ0v) is 14.0. The highest BCUT2D eigenvalue weighted by atomic mass is 16.6. The summed E-state index contributed by atoms with van der Waals surface area (Å²) in [4.78, 5) is 16.4. The Balaban J connectivity index is 1.78. The SMILES string of the molecule is CC(C1CCCCN1)N1CCN(C(=O)OC(C)(C)C)CC1. The van der Waals surface area contributed by atoms with Crippen molar-refractivity contribution in [3.8, 4) is 0 Å². The van der Waals surface area contributed by atoms with Crippen molar-refractivity contribution >= 4 is 6.09 Å². The molecule has 2 rings (SSSR count). The average Bonchev–Trinajstić information content (AvgIpc) is 2.46. The van der Waals surface area contributed by atoms with Crippen molar-refractivity contribution in [1.82, 2.24) is 15.1 Å². The van der Waals surface area contributed by atoms with Gasteiger partial charge < -0.3 is 15.0 Å². The molecule has 2 atom stereocenters. The van der Waals surface area contributed by atoms with Gasteiger partial charge in [0.2, 0.25) is 0 Å². The summed E-state index contributed by atoms with van der Waals surface area (Å²) in [7, 11) is 0. The van der Waals surface area contributed by atoms with Gasteiger partial charge in [0.05, 0.1) is 0 Å². The van der Waals surface area contributed by atoms with E-state index in [-0.39, 0.29) is 6.09 Å². The summed E-state index contributed by atoms with van der Waals surface area (Å²) in [6.07, 6.45) is 3.73. The van der Waals surface area contributed by atoms with Crippen LogP contribution in [0.1, 0.15) is 47.0 Å². The number of ether oxygens (including phenoxy) is 1. The van der Waals surface area contributed by atoms with E-state index in [1.807, 2.05) is 25.7 Å². The van der Waals surface area contributed by atoms with E-state index in [1.165, 1.54) is 19.3 Å². The smallest absolute Gasteiger partial charge is 0.410 e. The molecule has 2 unspecified atom stereocenters. The van der Waals surface area contributed by atoms with E-state index in [9.17, 15) is 4.79 Å². The summed E-state index contributed by atoms with van der Waals surface area (Å²) in [6.45, 7) is 12.6. The van der Waals surface area contributed by atoms with Crippen molar-refractivity contribution in [3.63, 3.8) is 0 Å². The maximum Gasteiger partial charge on any atom is 0.410 e. The molecule has 0 aromatic carbocycles. The highest BCUT2D eigenvalue weighted by Crippen LogP contribution is 2.17. The maximum atomic E-state index is 12.1. The molecule has 2 fully saturated rings. The van der Waals surface area contributed by atoms with E-state index in [4.69, 9.17) is 4.74 Å². The van der Waals surface area contributed by atoms with Crippen LogP contribution in [-0.2, 0) is 4.74 Å². The Hall–Kier alpha value is -0.810. The fraction of sp³-hybridized carbons (Fsp3) is 0.938. The molecule has 0 aliphatic carbocycles. The number of nitrogens with one attached hydrogen (secondary N) is 1. The van der Waals surface area contributed by atoms with Crippen LogP contribution in [0.3, 0.4) is 0 Å². The highest BCUT2D eigenvalue weighted by molar-refractivity contribution is 5.68. The summed E-state index contributed by atoms with van der Waals surface area (Å²) in [6, 6.07) is 1.15. The predicted octanol–water partition coefficient (Wildman–Crippen LogP) is 2.07. The van der Waals surface area contributed by atoms with E-state index < -0.39 is 5.60 Å². The van der Waals surface area contributed by atoms with Crippen LogP contribution >= 0.6 is 0 Å². The van der Waals surface area contributed by atoms with E-state index in [1.54, 1.807) is 0 Å². The number of piperazine rings is 1. The molecule has 21 heavy (non-hydrogen) atoms. The average molecular weight is 297 g/mol. The summed E-state index contributed by atoms with van der Waals surface area (Å²) in [5, 5.41) is 3.63. The van der Waals surface area contributed by atoms with Crippen molar-refractivity contribution in [3.05, 3.63) is 0 Å². The van der Waals surface area contributed by atoms with Crippen molar-refractivity contribution in [1.29, 1.82) is 0 Å². The highest BCUT2D eigenvalue weighted by Gasteiger charge is 2.30. The number of rotatable bonds is 2. The number of nitrogens with zero attached hydrogens (tertiary/aromatic N) is 2. The van der Waals surface area contributed by atoms with Crippen LogP contribution in [0.2, 0.25) is 0 Å². The lowest BCUT2D eigenvalue weighted by molar-refractivity contribution is 0.00868. The van der Waals surface area contributed by atoms with Gasteiger partial charge in [0.1, 0.15) is 5.60 Å². The summed E-state index contributed by atoms with van der Waals surface area (Å²) < 4.78 is 5.45. The molecule has 0 aromatic rings. The number of hydrogen-bond donors (Lipinski definition) is 1. The fourth-order valence-electron chi connectivity index (χ4n) is 3.18. The Labute approximate surface area is 129 Å². The standard InChI is InChI=1S/C16H31N3O2/c1-13(14-7-5-6-8-17-14)18-9-11-19(12-10-18)15(20)21-16(2,3)4/h13-14,17H,5-12H2,1-4H3. The molecule has 0 saturated carbocycles. The van der Waals surface area contributed by atoms with Gasteiger partial charge in [-0.2, -0.15) is 0 Å². The van der Waals surface area contributed by atoms with Gasteiger partial charge in [-0.3, -0.25) is 4.90 Å². The molecule has 0 aromatic heterocycles. The molecular formula is C16H31N3O2. The quantitative estimate of drug-likeness (QED) is 0.847. The van der Waals surface area contributed by atoms with E-state index in [0.29, 0.717) is 12.1 Å². The number of amides is 1. The van der Waals surface area contributed by atoms with Crippen molar-refractivity contribution in [2.75, 3.05) is 32.7 Å². The van der Waals surface area contributed by atoms with Crippen LogP contribution in [0, 0.1) is 0 Å². The van der Waals surface area contributed by atoms with Crippen molar-refractivity contribution in [2.24, 2.45) is 0 Å². The number of carbonyl (C=O) groups excluding carboxylic acids is 1. The lowest BCUT2D eigenvalue weighted by atomic mass is 9.97. The monoisotopic (exact) mass is 297 g/mol. The van der Waals surface area contributed by atoms with Gasteiger partial charge in [0, 0.05) is 38.3 Å². The molecule has 1 amide bonds. The van der Waals surface area contributed by atoms with Gasteiger partial charge in [-0.15, -0.1) is 0 Å². The molecule has 1 N–H and O–H groups in total. The second-order valence-corrected chi connectivity index (χ2v) is 7.30. The third-order valence-corrected chi connectivity index (χ3v) is 4.47. The number of piperidine rings is 1. The summed E-state index contributed by atoms with van der Waals surface area (Å²) in [5.41, 5.74) is -0.409. The third kappa shape index (κ3) is 4.85. The second kappa shape index (κ2) is 6.97. The minimum atomic E-state index is -0.409. The Bertz CT molecular complexity index is 340. The van der Waals surface area contributed by atoms with Gasteiger partial charge in [-0.1, -0.05) is 6.42 Å². The van der Waals surface area contributed by atoms with Crippen molar-refractivity contribution in [2.45, 2.75) is 64.6 Å². The van der Waals surface area contributed by atoms with Gasteiger partial charge in [0.25, 0.3) is 0 Å². The molecule has 5 nitrogen and oxygen atoms in total. The zero-order valence-electron chi connectivity index (χ0n) is 14.0. The lowest BCUT2D eigenvalue weighted by Crippen LogP contribution is -2.57. The van der Waals surface area contributed by atoms with E-state index >= 15 is 0 Å². The molecular weight excluding hydrogens is 266 g/mol. The first-order valence-electron chi connectivity index (χ1n) is 8.32. The Morgan fingerprint density at radius 1 is 1.19 bits per heavy atom. The Morgan fingerprint density at radius 3 is 2.38 bits per heavy atom. The van der Waals surface area contributed by atoms with Crippen LogP contribution < -0.4 is 5.32 Å². The van der Waals surface area contributed by atoms with Gasteiger partial charge in [0.15, 0.2) is 0 Å². The first-order valence-corrected chi connectivity index (χ1v) is 8.32. The van der Waals surface area contributed by atoms with Gasteiger partial charge in [-0.05, 0) is 47.1 Å². The minimum absolute atomic E-state index is 0.175. The minimum Gasteiger partial charge on any atom is -0.444 e. The molecule has 2 aliphatic heterocycles. The molecule has 0 spiro atoms. The first-order chi connectivity index (χ1) is 9.87. The second-order valence-electron chi connectivity index (χ2n) is 7.30. The molecule has 5 heteroatoms. The predicted molar refractivity (Wildman–Crippen MR) is 84.5 cm³/mol. The molecule has 2 saturated heterocycles. The normalized spacial score (nSPS) is 26.5. The molecule has 0 bridgehead atoms. The maximum absolute atomic E-state index is 12.1. The van der Waals surface area contributed by atoms with Crippen molar-refractivity contribution < 1.29 is 9.53 Å². The van der Waals surface area contributed by atoms with Crippen LogP contribution in [0.25, 0.3) is 0 Å². The molecule has 2 aliphatic rings. The number of carbonyl (C=O) groups is 1. The topological polar surface area (TPSA) is 44.8 Å². The van der Waals surface area contributed by atoms with Crippen LogP contribution in [0.5, 0.6) is 0 Å². The zero-order chi connectivity index (χ0) is 15.5. The summed E-state index contributed by atoms with van der Waals surface area (Å²) >= 11 is 0. The third-order valence-electron chi connectivity index (χ3n) is 4.47. The first kappa shape index (κ1) is 16.6. The van der Waals surface area contributed by atoms with Gasteiger partial charge in [-0.25, -0.2) is 4.79 Å². The lowest BCUT2D eigenvalue weighted by Gasteiger charge is -2.42. The Kier molecular flexibility index (Phi) is 5.49. The largest absolute Gasteiger partial charge is 0.444 e. The van der Waals surface area contributed by atoms with E-state index in [2.05, 4.69) is 17.1 Å². The Morgan fingerprint density at radius 2 is 1.86 bits per heavy atom. The molecule has 2 heterocycles. The summed E-state index contributed by atoms with van der Waals surface area (Å²) in [5.74, 6) is 0. The van der Waals surface area contributed by atoms with Crippen LogP contribution in [-0.4, -0.2) is 66.3 Å². The van der Waals surface area contributed by atoms with Gasteiger partial charge >= 0.3 is 6.09 Å². The van der Waals surface area contributed by atoms with Crippen LogP contribution in [0.15, 0.2) is 0 Å². The molecule has 122 valence electrons. The van der Waals surface area contributed by atoms with Crippen LogP contribution in [0.4, 0.5) is 4.79 Å². The van der Waals surface area contributed by atoms with E-state index in [0.717, 1.165) is 32.7 Å². The number of hydrogen-bond acceptors (Lipinski definition) is 4. The fourth-order valence-corrected chi connectivity index (χ4v) is 3.18.